The van der Waals surface area contributed by atoms with Gasteiger partial charge in [0.1, 0.15) is 5.82 Å². The lowest BCUT2D eigenvalue weighted by atomic mass is 9.71. The Kier molecular flexibility index (Phi) is 5.19. The van der Waals surface area contributed by atoms with Crippen molar-refractivity contribution in [2.45, 2.75) is 65.6 Å². The highest BCUT2D eigenvalue weighted by Crippen LogP contribution is 2.41. The third kappa shape index (κ3) is 3.67. The average Bonchev–Trinajstić information content (AvgIpc) is 3.25. The standard InChI is InChI=1S/C22H33N5O/c1-16-6-5-8-22(2,3)18(16)7-10-26-12-13-27-17(15-26)14-19(24-27)20(28)21-23-9-11-25(21)4/h9,11,14,20,28H,5-8,10,12-13,15H2,1-4H3/t20-/m0/s1. The largest absolute Gasteiger partial charge is 0.379 e. The summed E-state index contributed by atoms with van der Waals surface area (Å²) in [7, 11) is 1.90. The molecule has 2 aromatic rings. The molecule has 1 atom stereocenters. The van der Waals surface area contributed by atoms with Gasteiger partial charge in [-0.15, -0.1) is 0 Å². The predicted molar refractivity (Wildman–Crippen MR) is 110 cm³/mol. The Balaban J connectivity index is 1.43. The minimum Gasteiger partial charge on any atom is -0.379 e. The van der Waals surface area contributed by atoms with Crippen LogP contribution in [0, 0.1) is 5.41 Å². The number of allylic oxidation sites excluding steroid dienone is 1. The molecule has 152 valence electrons. The molecule has 2 aromatic heterocycles. The maximum Gasteiger partial charge on any atom is 0.155 e. The van der Waals surface area contributed by atoms with Crippen LogP contribution < -0.4 is 0 Å². The molecule has 0 saturated heterocycles. The maximum absolute atomic E-state index is 10.7. The second kappa shape index (κ2) is 7.48. The molecule has 6 heteroatoms. The Morgan fingerprint density at radius 3 is 2.82 bits per heavy atom. The van der Waals surface area contributed by atoms with Crippen molar-refractivity contribution in [2.24, 2.45) is 12.5 Å². The molecule has 0 bridgehead atoms. The van der Waals surface area contributed by atoms with Crippen LogP contribution in [0.5, 0.6) is 0 Å². The van der Waals surface area contributed by atoms with Crippen molar-refractivity contribution in [3.05, 3.63) is 46.8 Å². The Bertz CT molecular complexity index is 875. The number of aliphatic hydroxyl groups excluding tert-OH is 1. The molecule has 1 N–H and O–H groups in total. The smallest absolute Gasteiger partial charge is 0.155 e. The molecule has 1 aliphatic heterocycles. The van der Waals surface area contributed by atoms with Gasteiger partial charge in [-0.25, -0.2) is 4.98 Å². The van der Waals surface area contributed by atoms with Gasteiger partial charge in [0.05, 0.1) is 17.9 Å². The van der Waals surface area contributed by atoms with Crippen LogP contribution >= 0.6 is 0 Å². The molecule has 28 heavy (non-hydrogen) atoms. The minimum absolute atomic E-state index is 0.346. The van der Waals surface area contributed by atoms with Crippen molar-refractivity contribution in [1.82, 2.24) is 24.2 Å². The summed E-state index contributed by atoms with van der Waals surface area (Å²) in [6.07, 6.45) is 7.84. The Labute approximate surface area is 167 Å². The number of aromatic nitrogens is 4. The van der Waals surface area contributed by atoms with E-state index in [0.717, 1.165) is 32.6 Å². The van der Waals surface area contributed by atoms with Gasteiger partial charge in [-0.2, -0.15) is 5.10 Å². The molecular weight excluding hydrogens is 350 g/mol. The van der Waals surface area contributed by atoms with Crippen LogP contribution in [0.15, 0.2) is 29.6 Å². The molecule has 0 aromatic carbocycles. The average molecular weight is 384 g/mol. The van der Waals surface area contributed by atoms with E-state index in [1.54, 1.807) is 17.3 Å². The molecular formula is C22H33N5O. The summed E-state index contributed by atoms with van der Waals surface area (Å²) in [5.41, 5.74) is 5.50. The van der Waals surface area contributed by atoms with E-state index in [2.05, 4.69) is 35.8 Å². The molecule has 0 radical (unpaired) electrons. The zero-order chi connectivity index (χ0) is 19.9. The number of aryl methyl sites for hydroxylation is 1. The number of fused-ring (bicyclic) bond motifs is 1. The molecule has 2 aliphatic rings. The molecule has 3 heterocycles. The van der Waals surface area contributed by atoms with E-state index in [4.69, 9.17) is 0 Å². The van der Waals surface area contributed by atoms with Gasteiger partial charge in [0.2, 0.25) is 0 Å². The van der Waals surface area contributed by atoms with Crippen LogP contribution in [-0.2, 0) is 20.1 Å². The van der Waals surface area contributed by atoms with Crippen molar-refractivity contribution in [1.29, 1.82) is 0 Å². The van der Waals surface area contributed by atoms with Crippen LogP contribution in [0.25, 0.3) is 0 Å². The second-order valence-electron chi connectivity index (χ2n) is 9.11. The molecule has 0 spiro atoms. The van der Waals surface area contributed by atoms with Gasteiger partial charge in [0.15, 0.2) is 6.10 Å². The van der Waals surface area contributed by atoms with Crippen molar-refractivity contribution >= 4 is 0 Å². The first-order chi connectivity index (χ1) is 13.3. The molecule has 0 saturated carbocycles. The molecule has 0 amide bonds. The maximum atomic E-state index is 10.7. The summed E-state index contributed by atoms with van der Waals surface area (Å²) in [5, 5.41) is 15.3. The zero-order valence-electron chi connectivity index (χ0n) is 17.6. The molecule has 6 nitrogen and oxygen atoms in total. The Morgan fingerprint density at radius 2 is 2.11 bits per heavy atom. The Morgan fingerprint density at radius 1 is 1.29 bits per heavy atom. The SMILES string of the molecule is CC1=C(CCN2CCn3nc([C@H](O)c4nccn4C)cc3C2)C(C)(C)CCC1. The Hall–Kier alpha value is -1.92. The van der Waals surface area contributed by atoms with Gasteiger partial charge >= 0.3 is 0 Å². The third-order valence-corrected chi connectivity index (χ3v) is 6.64. The van der Waals surface area contributed by atoms with Gasteiger partial charge in [-0.05, 0) is 44.1 Å². The normalized spacial score (nSPS) is 21.0. The minimum atomic E-state index is -0.776. The fourth-order valence-corrected chi connectivity index (χ4v) is 4.94. The van der Waals surface area contributed by atoms with Crippen molar-refractivity contribution in [3.8, 4) is 0 Å². The fourth-order valence-electron chi connectivity index (χ4n) is 4.94. The number of imidazole rings is 1. The van der Waals surface area contributed by atoms with Crippen LogP contribution in [0.2, 0.25) is 0 Å². The second-order valence-corrected chi connectivity index (χ2v) is 9.11. The van der Waals surface area contributed by atoms with E-state index in [1.807, 2.05) is 28.6 Å². The summed E-state index contributed by atoms with van der Waals surface area (Å²) >= 11 is 0. The highest BCUT2D eigenvalue weighted by molar-refractivity contribution is 5.23. The fraction of sp³-hybridized carbons (Fsp3) is 0.636. The third-order valence-electron chi connectivity index (χ3n) is 6.64. The molecule has 0 fully saturated rings. The first-order valence-electron chi connectivity index (χ1n) is 10.5. The molecule has 0 unspecified atom stereocenters. The van der Waals surface area contributed by atoms with Crippen molar-refractivity contribution < 1.29 is 5.11 Å². The van der Waals surface area contributed by atoms with Crippen LogP contribution in [0.3, 0.4) is 0 Å². The van der Waals surface area contributed by atoms with Gasteiger partial charge < -0.3 is 9.67 Å². The lowest BCUT2D eigenvalue weighted by molar-refractivity contribution is 0.195. The van der Waals surface area contributed by atoms with E-state index in [9.17, 15) is 5.11 Å². The van der Waals surface area contributed by atoms with Crippen molar-refractivity contribution in [2.75, 3.05) is 13.1 Å². The molecule has 1 aliphatic carbocycles. The predicted octanol–water partition coefficient (Wildman–Crippen LogP) is 3.43. The summed E-state index contributed by atoms with van der Waals surface area (Å²) < 4.78 is 3.89. The number of hydrogen-bond acceptors (Lipinski definition) is 4. The number of hydrogen-bond donors (Lipinski definition) is 1. The summed E-state index contributed by atoms with van der Waals surface area (Å²) in [4.78, 5) is 6.79. The van der Waals surface area contributed by atoms with E-state index in [1.165, 1.54) is 25.0 Å². The van der Waals surface area contributed by atoms with Crippen molar-refractivity contribution in [3.63, 3.8) is 0 Å². The number of nitrogens with zero attached hydrogens (tertiary/aromatic N) is 5. The summed E-state index contributed by atoms with van der Waals surface area (Å²) in [6, 6.07) is 2.04. The lowest BCUT2D eigenvalue weighted by Gasteiger charge is -2.36. The van der Waals surface area contributed by atoms with Crippen LogP contribution in [0.4, 0.5) is 0 Å². The highest BCUT2D eigenvalue weighted by Gasteiger charge is 2.29. The molecule has 4 rings (SSSR count). The lowest BCUT2D eigenvalue weighted by Crippen LogP contribution is -2.35. The van der Waals surface area contributed by atoms with Gasteiger partial charge in [-0.3, -0.25) is 9.58 Å². The monoisotopic (exact) mass is 383 g/mol. The van der Waals surface area contributed by atoms with E-state index in [-0.39, 0.29) is 0 Å². The number of aliphatic hydroxyl groups is 1. The number of rotatable bonds is 5. The van der Waals surface area contributed by atoms with Crippen LogP contribution in [0.1, 0.15) is 69.8 Å². The van der Waals surface area contributed by atoms with Gasteiger partial charge in [-0.1, -0.05) is 25.0 Å². The van der Waals surface area contributed by atoms with E-state index in [0.29, 0.717) is 16.9 Å². The highest BCUT2D eigenvalue weighted by atomic mass is 16.3. The van der Waals surface area contributed by atoms with Gasteiger partial charge in [0.25, 0.3) is 0 Å². The zero-order valence-corrected chi connectivity index (χ0v) is 17.6. The topological polar surface area (TPSA) is 59.1 Å². The first-order valence-corrected chi connectivity index (χ1v) is 10.5. The summed E-state index contributed by atoms with van der Waals surface area (Å²) in [5.74, 6) is 0.634. The van der Waals surface area contributed by atoms with E-state index >= 15 is 0 Å². The summed E-state index contributed by atoms with van der Waals surface area (Å²) in [6.45, 7) is 11.0. The van der Waals surface area contributed by atoms with E-state index < -0.39 is 6.10 Å². The first kappa shape index (κ1) is 19.4. The quantitative estimate of drug-likeness (QED) is 0.804. The van der Waals surface area contributed by atoms with Crippen LogP contribution in [-0.4, -0.2) is 42.4 Å². The van der Waals surface area contributed by atoms with Gasteiger partial charge in [0, 0.05) is 39.1 Å².